The minimum absolute atomic E-state index is 0.691. The van der Waals surface area contributed by atoms with Gasteiger partial charge in [0.05, 0.1) is 13.2 Å². The minimum Gasteiger partial charge on any atom is -0.478 e. The van der Waals surface area contributed by atoms with Gasteiger partial charge in [-0.2, -0.15) is 0 Å². The molecule has 0 aliphatic heterocycles. The van der Waals surface area contributed by atoms with Crippen molar-refractivity contribution >= 4 is 5.97 Å². The van der Waals surface area contributed by atoms with Gasteiger partial charge in [0.15, 0.2) is 0 Å². The van der Waals surface area contributed by atoms with Crippen molar-refractivity contribution in [2.75, 3.05) is 27.4 Å². The van der Waals surface area contributed by atoms with Gasteiger partial charge >= 0.3 is 5.97 Å². The number of carboxylic acid groups (broad SMARTS) is 1. The van der Waals surface area contributed by atoms with Crippen LogP contribution in [0.3, 0.4) is 0 Å². The van der Waals surface area contributed by atoms with Crippen molar-refractivity contribution in [1.82, 2.24) is 0 Å². The molecule has 66 valence electrons. The maximum atomic E-state index is 9.25. The van der Waals surface area contributed by atoms with Crippen LogP contribution >= 0.6 is 0 Å². The Morgan fingerprint density at radius 2 is 1.73 bits per heavy atom. The summed E-state index contributed by atoms with van der Waals surface area (Å²) >= 11 is 0. The molecule has 0 unspecified atom stereocenters. The van der Waals surface area contributed by atoms with E-state index in [1.165, 1.54) is 0 Å². The SMILES string of the molecule is C=CC(=O)O.COCCOC. The first-order chi connectivity index (χ1) is 5.18. The fourth-order valence-electron chi connectivity index (χ4n) is 0.167. The van der Waals surface area contributed by atoms with Gasteiger partial charge in [-0.05, 0) is 0 Å². The first-order valence-corrected chi connectivity index (χ1v) is 3.02. The lowest BCUT2D eigenvalue weighted by Crippen LogP contribution is -1.96. The minimum atomic E-state index is -0.981. The Bertz CT molecular complexity index is 96.6. The highest BCUT2D eigenvalue weighted by atomic mass is 16.5. The van der Waals surface area contributed by atoms with Crippen molar-refractivity contribution in [2.24, 2.45) is 0 Å². The first kappa shape index (κ1) is 12.8. The third kappa shape index (κ3) is 27.2. The fraction of sp³-hybridized carbons (Fsp3) is 0.571. The number of rotatable bonds is 4. The summed E-state index contributed by atoms with van der Waals surface area (Å²) in [4.78, 5) is 9.25. The lowest BCUT2D eigenvalue weighted by molar-refractivity contribution is -0.131. The molecule has 4 nitrogen and oxygen atoms in total. The molecule has 0 bridgehead atoms. The van der Waals surface area contributed by atoms with Crippen LogP contribution in [0.2, 0.25) is 0 Å². The van der Waals surface area contributed by atoms with Crippen LogP contribution < -0.4 is 0 Å². The molecule has 0 radical (unpaired) electrons. The lowest BCUT2D eigenvalue weighted by atomic mass is 10.7. The molecule has 0 fully saturated rings. The molecular formula is C7H14O4. The van der Waals surface area contributed by atoms with Crippen LogP contribution in [-0.4, -0.2) is 38.5 Å². The highest BCUT2D eigenvalue weighted by molar-refractivity contribution is 5.78. The standard InChI is InChI=1S/C4H10O2.C3H4O2/c1-5-3-4-6-2;1-2-3(4)5/h3-4H2,1-2H3;2H,1H2,(H,4,5). The number of hydrogen-bond donors (Lipinski definition) is 1. The summed E-state index contributed by atoms with van der Waals surface area (Å²) in [5.74, 6) is -0.981. The number of carbonyl (C=O) groups is 1. The smallest absolute Gasteiger partial charge is 0.327 e. The molecule has 0 aromatic rings. The van der Waals surface area contributed by atoms with Crippen LogP contribution in [0.5, 0.6) is 0 Å². The van der Waals surface area contributed by atoms with E-state index in [-0.39, 0.29) is 0 Å². The molecule has 0 spiro atoms. The summed E-state index contributed by atoms with van der Waals surface area (Å²) in [7, 11) is 3.30. The molecule has 0 aliphatic rings. The Balaban J connectivity index is 0. The van der Waals surface area contributed by atoms with E-state index in [2.05, 4.69) is 16.1 Å². The predicted molar refractivity (Wildman–Crippen MR) is 41.6 cm³/mol. The van der Waals surface area contributed by atoms with Crippen LogP contribution in [-0.2, 0) is 14.3 Å². The summed E-state index contributed by atoms with van der Waals surface area (Å²) in [6.07, 6.45) is 0.833. The summed E-state index contributed by atoms with van der Waals surface area (Å²) in [5.41, 5.74) is 0. The van der Waals surface area contributed by atoms with Crippen molar-refractivity contribution in [1.29, 1.82) is 0 Å². The van der Waals surface area contributed by atoms with Gasteiger partial charge in [0, 0.05) is 20.3 Å². The molecule has 0 amide bonds. The van der Waals surface area contributed by atoms with Gasteiger partial charge in [0.1, 0.15) is 0 Å². The van der Waals surface area contributed by atoms with E-state index in [1.807, 2.05) is 0 Å². The normalized spacial score (nSPS) is 7.82. The van der Waals surface area contributed by atoms with Crippen molar-refractivity contribution in [3.05, 3.63) is 12.7 Å². The molecule has 0 aromatic carbocycles. The molecule has 0 atom stereocenters. The second kappa shape index (κ2) is 11.9. The summed E-state index contributed by atoms with van der Waals surface area (Å²) in [5, 5.41) is 7.60. The molecule has 0 rings (SSSR count). The van der Waals surface area contributed by atoms with Crippen molar-refractivity contribution in [2.45, 2.75) is 0 Å². The first-order valence-electron chi connectivity index (χ1n) is 3.02. The van der Waals surface area contributed by atoms with E-state index in [1.54, 1.807) is 14.2 Å². The number of methoxy groups -OCH3 is 2. The largest absolute Gasteiger partial charge is 0.478 e. The molecule has 0 heterocycles. The predicted octanol–water partition coefficient (Wildman–Crippen LogP) is 0.536. The van der Waals surface area contributed by atoms with Crippen LogP contribution in [0.1, 0.15) is 0 Å². The van der Waals surface area contributed by atoms with Gasteiger partial charge in [-0.1, -0.05) is 6.58 Å². The van der Waals surface area contributed by atoms with E-state index in [0.29, 0.717) is 13.2 Å². The van der Waals surface area contributed by atoms with Gasteiger partial charge in [0.2, 0.25) is 0 Å². The van der Waals surface area contributed by atoms with Crippen molar-refractivity contribution in [3.8, 4) is 0 Å². The zero-order valence-corrected chi connectivity index (χ0v) is 6.87. The summed E-state index contributed by atoms with van der Waals surface area (Å²) < 4.78 is 9.31. The third-order valence-corrected chi connectivity index (χ3v) is 0.666. The Kier molecular flexibility index (Phi) is 13.8. The zero-order chi connectivity index (χ0) is 9.11. The van der Waals surface area contributed by atoms with Gasteiger partial charge in [0.25, 0.3) is 0 Å². The maximum absolute atomic E-state index is 9.25. The number of carboxylic acids is 1. The molecular weight excluding hydrogens is 148 g/mol. The molecule has 11 heavy (non-hydrogen) atoms. The Morgan fingerprint density at radius 1 is 1.45 bits per heavy atom. The second-order valence-electron chi connectivity index (χ2n) is 1.53. The van der Waals surface area contributed by atoms with Crippen LogP contribution in [0.4, 0.5) is 0 Å². The van der Waals surface area contributed by atoms with Crippen LogP contribution in [0, 0.1) is 0 Å². The van der Waals surface area contributed by atoms with Crippen LogP contribution in [0.25, 0.3) is 0 Å². The quantitative estimate of drug-likeness (QED) is 0.484. The Labute approximate surface area is 66.4 Å². The zero-order valence-electron chi connectivity index (χ0n) is 6.87. The Hall–Kier alpha value is -0.870. The molecule has 0 saturated carbocycles. The molecule has 0 aromatic heterocycles. The van der Waals surface area contributed by atoms with E-state index < -0.39 is 5.97 Å². The fourth-order valence-corrected chi connectivity index (χ4v) is 0.167. The van der Waals surface area contributed by atoms with E-state index >= 15 is 0 Å². The van der Waals surface area contributed by atoms with E-state index in [9.17, 15) is 4.79 Å². The average molecular weight is 162 g/mol. The highest BCUT2D eigenvalue weighted by Crippen LogP contribution is 1.65. The van der Waals surface area contributed by atoms with E-state index in [0.717, 1.165) is 6.08 Å². The highest BCUT2D eigenvalue weighted by Gasteiger charge is 1.73. The summed E-state index contributed by atoms with van der Waals surface area (Å²) in [6.45, 7) is 4.34. The second-order valence-corrected chi connectivity index (χ2v) is 1.53. The third-order valence-electron chi connectivity index (χ3n) is 0.666. The lowest BCUT2D eigenvalue weighted by Gasteiger charge is -1.91. The monoisotopic (exact) mass is 162 g/mol. The van der Waals surface area contributed by atoms with E-state index in [4.69, 9.17) is 5.11 Å². The summed E-state index contributed by atoms with van der Waals surface area (Å²) in [6, 6.07) is 0. The molecule has 4 heteroatoms. The topological polar surface area (TPSA) is 55.8 Å². The van der Waals surface area contributed by atoms with Crippen molar-refractivity contribution < 1.29 is 19.4 Å². The van der Waals surface area contributed by atoms with Gasteiger partial charge in [-0.3, -0.25) is 0 Å². The van der Waals surface area contributed by atoms with Crippen LogP contribution in [0.15, 0.2) is 12.7 Å². The van der Waals surface area contributed by atoms with Gasteiger partial charge in [-0.25, -0.2) is 4.79 Å². The Morgan fingerprint density at radius 3 is 1.82 bits per heavy atom. The molecule has 0 aliphatic carbocycles. The molecule has 0 saturated heterocycles. The average Bonchev–Trinajstić information content (AvgIpc) is 2.02. The number of ether oxygens (including phenoxy) is 2. The number of aliphatic carboxylic acids is 1. The number of hydrogen-bond acceptors (Lipinski definition) is 3. The van der Waals surface area contributed by atoms with Gasteiger partial charge < -0.3 is 14.6 Å². The maximum Gasteiger partial charge on any atom is 0.327 e. The van der Waals surface area contributed by atoms with Crippen molar-refractivity contribution in [3.63, 3.8) is 0 Å². The van der Waals surface area contributed by atoms with Gasteiger partial charge in [-0.15, -0.1) is 0 Å². The molecule has 1 N–H and O–H groups in total.